The zero-order valence-electron chi connectivity index (χ0n) is 18.7. The molecule has 2 amide bonds. The highest BCUT2D eigenvalue weighted by Gasteiger charge is 2.27. The van der Waals surface area contributed by atoms with Crippen molar-refractivity contribution in [2.24, 2.45) is 5.10 Å². The van der Waals surface area contributed by atoms with Gasteiger partial charge in [0.1, 0.15) is 11.5 Å². The highest BCUT2D eigenvalue weighted by atomic mass is 16.5. The van der Waals surface area contributed by atoms with E-state index in [1.165, 1.54) is 12.1 Å². The molecule has 0 saturated heterocycles. The molecule has 8 nitrogen and oxygen atoms in total. The number of nitrogens with one attached hydrogen (secondary N) is 1. The number of carbonyl (C=O) groups excluding carboxylic acids is 3. The molecule has 1 N–H and O–H groups in total. The van der Waals surface area contributed by atoms with Gasteiger partial charge >= 0.3 is 5.97 Å². The first-order valence-corrected chi connectivity index (χ1v) is 10.3. The monoisotopic (exact) mass is 437 g/mol. The predicted molar refractivity (Wildman–Crippen MR) is 122 cm³/mol. The van der Waals surface area contributed by atoms with Crippen molar-refractivity contribution >= 4 is 34.9 Å². The average Bonchev–Trinajstić information content (AvgIpc) is 2.77. The van der Waals surface area contributed by atoms with Gasteiger partial charge in [0.05, 0.1) is 18.5 Å². The highest BCUT2D eigenvalue weighted by Crippen LogP contribution is 2.31. The summed E-state index contributed by atoms with van der Waals surface area (Å²) in [6.07, 6.45) is 0.288. The lowest BCUT2D eigenvalue weighted by Crippen LogP contribution is -2.35. The Balaban J connectivity index is 1.65. The predicted octanol–water partition coefficient (Wildman–Crippen LogP) is 3.66. The summed E-state index contributed by atoms with van der Waals surface area (Å²) in [7, 11) is 1.52. The molecule has 0 spiro atoms. The first-order valence-electron chi connectivity index (χ1n) is 10.3. The van der Waals surface area contributed by atoms with Crippen LogP contribution < -0.4 is 15.1 Å². The van der Waals surface area contributed by atoms with Crippen molar-refractivity contribution in [1.82, 2.24) is 0 Å². The first-order chi connectivity index (χ1) is 15.2. The Kier molecular flexibility index (Phi) is 6.92. The Hall–Kier alpha value is -3.68. The van der Waals surface area contributed by atoms with E-state index < -0.39 is 18.5 Å². The lowest BCUT2D eigenvalue weighted by Gasteiger charge is -2.22. The summed E-state index contributed by atoms with van der Waals surface area (Å²) in [5, 5.41) is 8.05. The first kappa shape index (κ1) is 23.0. The number of carbonyl (C=O) groups is 3. The number of para-hydroxylation sites is 1. The van der Waals surface area contributed by atoms with Crippen molar-refractivity contribution in [3.63, 3.8) is 0 Å². The van der Waals surface area contributed by atoms with Gasteiger partial charge in [-0.3, -0.25) is 9.59 Å². The van der Waals surface area contributed by atoms with E-state index in [0.717, 1.165) is 5.56 Å². The molecule has 0 bridgehead atoms. The minimum Gasteiger partial charge on any atom is -0.495 e. The van der Waals surface area contributed by atoms with Gasteiger partial charge in [0.2, 0.25) is 5.91 Å². The van der Waals surface area contributed by atoms with E-state index in [0.29, 0.717) is 17.1 Å². The van der Waals surface area contributed by atoms with Crippen molar-refractivity contribution in [1.29, 1.82) is 0 Å². The third-order valence-corrected chi connectivity index (χ3v) is 4.94. The van der Waals surface area contributed by atoms with Gasteiger partial charge in [-0.05, 0) is 35.2 Å². The third kappa shape index (κ3) is 5.51. The molecule has 0 aromatic heterocycles. The van der Waals surface area contributed by atoms with Gasteiger partial charge in [0, 0.05) is 12.8 Å². The summed E-state index contributed by atoms with van der Waals surface area (Å²) in [6.45, 7) is 5.71. The highest BCUT2D eigenvalue weighted by molar-refractivity contribution is 6.38. The average molecular weight is 437 g/mol. The van der Waals surface area contributed by atoms with Gasteiger partial charge in [-0.2, -0.15) is 5.10 Å². The summed E-state index contributed by atoms with van der Waals surface area (Å²) < 4.78 is 10.5. The second kappa shape index (κ2) is 9.64. The molecule has 1 aliphatic heterocycles. The molecule has 1 heterocycles. The number of ether oxygens (including phenoxy) is 2. The van der Waals surface area contributed by atoms with Crippen molar-refractivity contribution in [3.8, 4) is 5.75 Å². The van der Waals surface area contributed by atoms with E-state index in [1.807, 2.05) is 18.2 Å². The number of hydrogen-bond acceptors (Lipinski definition) is 6. The number of hydrazone groups is 1. The quantitative estimate of drug-likeness (QED) is 0.696. The lowest BCUT2D eigenvalue weighted by molar-refractivity contribution is -0.140. The number of esters is 1. The van der Waals surface area contributed by atoms with Crippen LogP contribution in [0.3, 0.4) is 0 Å². The SMILES string of the molecule is COc1ccc(C(C)(C)C)cc1NC(=O)COC(=O)C1=NN(c2ccccc2)C(=O)CC1. The van der Waals surface area contributed by atoms with Gasteiger partial charge in [0.15, 0.2) is 6.61 Å². The van der Waals surface area contributed by atoms with Crippen LogP contribution in [0.4, 0.5) is 11.4 Å². The molecule has 32 heavy (non-hydrogen) atoms. The van der Waals surface area contributed by atoms with Crippen LogP contribution in [0.15, 0.2) is 53.6 Å². The number of methoxy groups -OCH3 is 1. The van der Waals surface area contributed by atoms with E-state index in [-0.39, 0.29) is 29.9 Å². The van der Waals surface area contributed by atoms with Crippen LogP contribution in [0.2, 0.25) is 0 Å². The fraction of sp³-hybridized carbons (Fsp3) is 0.333. The summed E-state index contributed by atoms with van der Waals surface area (Å²) >= 11 is 0. The van der Waals surface area contributed by atoms with Crippen LogP contribution in [-0.2, 0) is 24.5 Å². The van der Waals surface area contributed by atoms with Crippen LogP contribution in [0, 0.1) is 0 Å². The van der Waals surface area contributed by atoms with Crippen molar-refractivity contribution in [2.45, 2.75) is 39.0 Å². The lowest BCUT2D eigenvalue weighted by atomic mass is 9.87. The number of rotatable bonds is 6. The van der Waals surface area contributed by atoms with E-state index >= 15 is 0 Å². The molecule has 2 aromatic carbocycles. The van der Waals surface area contributed by atoms with Crippen LogP contribution in [0.5, 0.6) is 5.75 Å². The van der Waals surface area contributed by atoms with Gasteiger partial charge in [-0.1, -0.05) is 45.0 Å². The number of hydrogen-bond donors (Lipinski definition) is 1. The molecule has 0 unspecified atom stereocenters. The summed E-state index contributed by atoms with van der Waals surface area (Å²) in [5.41, 5.74) is 2.06. The maximum atomic E-state index is 12.5. The number of anilines is 2. The number of nitrogens with zero attached hydrogens (tertiary/aromatic N) is 2. The molecule has 1 aliphatic rings. The Labute approximate surface area is 187 Å². The van der Waals surface area contributed by atoms with E-state index in [2.05, 4.69) is 31.2 Å². The molecule has 0 fully saturated rings. The molecule has 3 rings (SSSR count). The second-order valence-electron chi connectivity index (χ2n) is 8.38. The molecule has 8 heteroatoms. The second-order valence-corrected chi connectivity index (χ2v) is 8.38. The zero-order valence-corrected chi connectivity index (χ0v) is 18.7. The molecule has 168 valence electrons. The third-order valence-electron chi connectivity index (χ3n) is 4.94. The molecule has 0 aliphatic carbocycles. The minimum atomic E-state index is -0.732. The molecule has 0 atom stereocenters. The normalized spacial score (nSPS) is 13.9. The fourth-order valence-corrected chi connectivity index (χ4v) is 3.14. The number of benzene rings is 2. The van der Waals surface area contributed by atoms with Crippen molar-refractivity contribution in [2.75, 3.05) is 24.0 Å². The van der Waals surface area contributed by atoms with Crippen molar-refractivity contribution < 1.29 is 23.9 Å². The minimum absolute atomic E-state index is 0.0913. The Bertz CT molecular complexity index is 1040. The topological polar surface area (TPSA) is 97.3 Å². The Morgan fingerprint density at radius 3 is 2.47 bits per heavy atom. The summed E-state index contributed by atoms with van der Waals surface area (Å²) in [5.74, 6) is -0.943. The Morgan fingerprint density at radius 1 is 1.09 bits per heavy atom. The van der Waals surface area contributed by atoms with Crippen molar-refractivity contribution in [3.05, 3.63) is 54.1 Å². The summed E-state index contributed by atoms with van der Waals surface area (Å²) in [6, 6.07) is 14.4. The van der Waals surface area contributed by atoms with Crippen LogP contribution in [0.1, 0.15) is 39.2 Å². The Morgan fingerprint density at radius 2 is 1.81 bits per heavy atom. The largest absolute Gasteiger partial charge is 0.495 e. The standard InChI is InChI=1S/C24H27N3O5/c1-24(2,3)16-10-12-20(31-4)19(14-16)25-21(28)15-32-23(30)18-11-13-22(29)27(26-18)17-8-6-5-7-9-17/h5-10,12,14H,11,13,15H2,1-4H3,(H,25,28). The van der Waals surface area contributed by atoms with Crippen LogP contribution in [0.25, 0.3) is 0 Å². The summed E-state index contributed by atoms with van der Waals surface area (Å²) in [4.78, 5) is 37.1. The molecule has 0 saturated carbocycles. The van der Waals surface area contributed by atoms with E-state index in [9.17, 15) is 14.4 Å². The van der Waals surface area contributed by atoms with E-state index in [4.69, 9.17) is 9.47 Å². The number of amides is 2. The fourth-order valence-electron chi connectivity index (χ4n) is 3.14. The maximum Gasteiger partial charge on any atom is 0.355 e. The maximum absolute atomic E-state index is 12.5. The van der Waals surface area contributed by atoms with Gasteiger partial charge < -0.3 is 14.8 Å². The molecular weight excluding hydrogens is 410 g/mol. The van der Waals surface area contributed by atoms with Gasteiger partial charge in [-0.15, -0.1) is 0 Å². The molecular formula is C24H27N3O5. The van der Waals surface area contributed by atoms with E-state index in [1.54, 1.807) is 30.3 Å². The van der Waals surface area contributed by atoms with Gasteiger partial charge in [0.25, 0.3) is 5.91 Å². The van der Waals surface area contributed by atoms with Crippen LogP contribution in [-0.4, -0.2) is 37.2 Å². The smallest absolute Gasteiger partial charge is 0.355 e. The zero-order chi connectivity index (χ0) is 23.3. The van der Waals surface area contributed by atoms with Gasteiger partial charge in [-0.25, -0.2) is 9.80 Å². The molecule has 2 aromatic rings. The molecule has 0 radical (unpaired) electrons. The van der Waals surface area contributed by atoms with Crippen LogP contribution >= 0.6 is 0 Å².